The van der Waals surface area contributed by atoms with Gasteiger partial charge in [-0.05, 0) is 0 Å². The van der Waals surface area contributed by atoms with Gasteiger partial charge in [-0.2, -0.15) is 0 Å². The fraction of sp³-hybridized carbons (Fsp3) is 0.154. The minimum atomic E-state index is -2.72. The second kappa shape index (κ2) is 8.81. The summed E-state index contributed by atoms with van der Waals surface area (Å²) >= 11 is -2.72. The van der Waals surface area contributed by atoms with Crippen LogP contribution in [0.25, 0.3) is 0 Å². The molecule has 134 valence electrons. The van der Waals surface area contributed by atoms with Crippen molar-refractivity contribution >= 4 is 0 Å². The Kier molecular flexibility index (Phi) is 6.00. The van der Waals surface area contributed by atoms with Crippen molar-refractivity contribution in [2.75, 3.05) is 0 Å². The van der Waals surface area contributed by atoms with E-state index < -0.39 is 20.3 Å². The first kappa shape index (κ1) is 18.4. The predicted octanol–water partition coefficient (Wildman–Crippen LogP) is 6.66. The zero-order valence-electron chi connectivity index (χ0n) is 15.7. The Morgan fingerprint density at radius 3 is 1.15 bits per heavy atom. The van der Waals surface area contributed by atoms with E-state index in [1.807, 2.05) is 0 Å². The van der Waals surface area contributed by atoms with E-state index in [2.05, 4.69) is 115 Å². The molecule has 0 N–H and O–H groups in total. The van der Waals surface area contributed by atoms with Gasteiger partial charge in [0.25, 0.3) is 0 Å². The summed E-state index contributed by atoms with van der Waals surface area (Å²) in [4.78, 5) is 0. The molecule has 0 heterocycles. The van der Waals surface area contributed by atoms with Crippen LogP contribution in [0.5, 0.6) is 0 Å². The second-order valence-corrected chi connectivity index (χ2v) is 18.6. The molecule has 3 aromatic carbocycles. The number of benzene rings is 3. The van der Waals surface area contributed by atoms with Gasteiger partial charge in [0.15, 0.2) is 0 Å². The fourth-order valence-corrected chi connectivity index (χ4v) is 17.3. The molecule has 0 amide bonds. The standard InChI is InChI=1S/3C7H7.C5H5.Zr/c3*1-7-5-3-2-4-6-7;1-2-4-5-3-1;/h3*2-6H,1H2;1-5H;. The van der Waals surface area contributed by atoms with Crippen molar-refractivity contribution in [2.45, 2.75) is 16.0 Å². The summed E-state index contributed by atoms with van der Waals surface area (Å²) in [6.07, 6.45) is 9.48. The Hall–Kier alpha value is -1.98. The van der Waals surface area contributed by atoms with Gasteiger partial charge in [0.1, 0.15) is 0 Å². The maximum atomic E-state index is 2.48. The van der Waals surface area contributed by atoms with Crippen LogP contribution in [0.15, 0.2) is 115 Å². The van der Waals surface area contributed by atoms with E-state index in [4.69, 9.17) is 0 Å². The summed E-state index contributed by atoms with van der Waals surface area (Å²) in [5.74, 6) is 0. The molecule has 3 aromatic rings. The Balaban J connectivity index is 1.76. The molecule has 0 spiro atoms. The first-order valence-corrected chi connectivity index (χ1v) is 16.4. The number of rotatable bonds is 7. The van der Waals surface area contributed by atoms with E-state index in [0.29, 0.717) is 3.63 Å². The molecule has 0 saturated heterocycles. The quantitative estimate of drug-likeness (QED) is 0.394. The summed E-state index contributed by atoms with van der Waals surface area (Å²) in [6, 6.07) is 33.5. The van der Waals surface area contributed by atoms with E-state index in [-0.39, 0.29) is 0 Å². The Labute approximate surface area is 167 Å². The van der Waals surface area contributed by atoms with Gasteiger partial charge >= 0.3 is 168 Å². The monoisotopic (exact) mass is 428 g/mol. The van der Waals surface area contributed by atoms with Crippen molar-refractivity contribution in [3.8, 4) is 0 Å². The predicted molar refractivity (Wildman–Crippen MR) is 112 cm³/mol. The topological polar surface area (TPSA) is 0 Å². The number of hydrogen-bond acceptors (Lipinski definition) is 0. The first-order chi connectivity index (χ1) is 13.3. The molecule has 0 unspecified atom stereocenters. The van der Waals surface area contributed by atoms with Crippen LogP contribution in [-0.4, -0.2) is 0 Å². The molecule has 0 aromatic heterocycles. The summed E-state index contributed by atoms with van der Waals surface area (Å²) in [7, 11) is 0. The van der Waals surface area contributed by atoms with Crippen molar-refractivity contribution in [1.82, 2.24) is 0 Å². The van der Waals surface area contributed by atoms with Gasteiger partial charge in [-0.3, -0.25) is 0 Å². The van der Waals surface area contributed by atoms with Gasteiger partial charge in [-0.25, -0.2) is 0 Å². The molecule has 4 rings (SSSR count). The molecule has 0 atom stereocenters. The van der Waals surface area contributed by atoms with Crippen molar-refractivity contribution in [1.29, 1.82) is 0 Å². The van der Waals surface area contributed by atoms with Gasteiger partial charge < -0.3 is 0 Å². The molecule has 0 radical (unpaired) electrons. The van der Waals surface area contributed by atoms with Crippen LogP contribution >= 0.6 is 0 Å². The Morgan fingerprint density at radius 2 is 0.815 bits per heavy atom. The number of allylic oxidation sites excluding steroid dienone is 4. The van der Waals surface area contributed by atoms with Gasteiger partial charge in [0.2, 0.25) is 0 Å². The Bertz CT molecular complexity index is 781. The van der Waals surface area contributed by atoms with Crippen LogP contribution in [0.2, 0.25) is 3.63 Å². The van der Waals surface area contributed by atoms with Crippen LogP contribution < -0.4 is 0 Å². The van der Waals surface area contributed by atoms with E-state index in [1.165, 1.54) is 29.1 Å². The fourth-order valence-electron chi connectivity index (χ4n) is 4.39. The summed E-state index contributed by atoms with van der Waals surface area (Å²) in [6.45, 7) is 0. The van der Waals surface area contributed by atoms with Gasteiger partial charge in [-0.15, -0.1) is 0 Å². The third kappa shape index (κ3) is 4.66. The van der Waals surface area contributed by atoms with Crippen molar-refractivity contribution < 1.29 is 20.3 Å². The first-order valence-electron chi connectivity index (χ1n) is 9.81. The zero-order valence-corrected chi connectivity index (χ0v) is 18.1. The van der Waals surface area contributed by atoms with Gasteiger partial charge in [0.05, 0.1) is 0 Å². The van der Waals surface area contributed by atoms with Gasteiger partial charge in [0, 0.05) is 0 Å². The van der Waals surface area contributed by atoms with E-state index in [9.17, 15) is 0 Å². The summed E-state index contributed by atoms with van der Waals surface area (Å²) in [5.41, 5.74) is 4.52. The molecular weight excluding hydrogens is 404 g/mol. The average molecular weight is 430 g/mol. The molecule has 0 aliphatic heterocycles. The van der Waals surface area contributed by atoms with Crippen molar-refractivity contribution in [3.05, 3.63) is 132 Å². The van der Waals surface area contributed by atoms with Crippen molar-refractivity contribution in [2.24, 2.45) is 0 Å². The molecule has 0 bridgehead atoms. The number of hydrogen-bond donors (Lipinski definition) is 0. The molecule has 0 nitrogen and oxygen atoms in total. The van der Waals surface area contributed by atoms with Crippen LogP contribution in [0.3, 0.4) is 0 Å². The van der Waals surface area contributed by atoms with E-state index in [0.717, 1.165) is 0 Å². The van der Waals surface area contributed by atoms with Crippen LogP contribution in [0.4, 0.5) is 0 Å². The minimum absolute atomic E-state index is 0.653. The maximum absolute atomic E-state index is 2.72. The second-order valence-electron chi connectivity index (χ2n) is 7.65. The van der Waals surface area contributed by atoms with E-state index >= 15 is 0 Å². The molecular formula is C26H26Zr. The molecule has 0 fully saturated rings. The normalized spacial score (nSPS) is 13.9. The summed E-state index contributed by atoms with van der Waals surface area (Å²) < 4.78 is 4.48. The van der Waals surface area contributed by atoms with Crippen LogP contribution in [0, 0.1) is 0 Å². The van der Waals surface area contributed by atoms with Crippen LogP contribution in [0.1, 0.15) is 16.7 Å². The zero-order chi connectivity index (χ0) is 18.4. The third-order valence-corrected chi connectivity index (χ3v) is 18.3. The van der Waals surface area contributed by atoms with Crippen molar-refractivity contribution in [3.63, 3.8) is 0 Å². The molecule has 1 aliphatic carbocycles. The van der Waals surface area contributed by atoms with E-state index in [1.54, 1.807) is 0 Å². The molecule has 1 aliphatic rings. The van der Waals surface area contributed by atoms with Crippen LogP contribution in [-0.2, 0) is 32.7 Å². The van der Waals surface area contributed by atoms with Gasteiger partial charge in [-0.1, -0.05) is 0 Å². The third-order valence-electron chi connectivity index (χ3n) is 5.65. The molecule has 0 saturated carbocycles. The molecule has 1 heteroatoms. The Morgan fingerprint density at radius 1 is 0.481 bits per heavy atom. The molecule has 27 heavy (non-hydrogen) atoms. The summed E-state index contributed by atoms with van der Waals surface area (Å²) in [5, 5.41) is 0. The average Bonchev–Trinajstić information content (AvgIpc) is 3.26. The SMILES string of the molecule is C1=C[CH]([Zr]([CH2]c2ccccc2)([CH2]c2ccccc2)[CH2]c2ccccc2)C=C1.